The summed E-state index contributed by atoms with van der Waals surface area (Å²) in [6, 6.07) is 1.73. The predicted octanol–water partition coefficient (Wildman–Crippen LogP) is 1.17. The molecule has 9 heteroatoms. The highest BCUT2D eigenvalue weighted by molar-refractivity contribution is 6.04. The first kappa shape index (κ1) is 16.4. The molecule has 1 heterocycles. The molecule has 0 radical (unpaired) electrons. The SMILES string of the molecule is CNC(=O)Cn1cc(NC(=O)c2cc(F)c(OC)c(F)c2)cn1. The predicted molar refractivity (Wildman–Crippen MR) is 77.2 cm³/mol. The maximum atomic E-state index is 13.6. The van der Waals surface area contributed by atoms with Crippen LogP contribution in [0.25, 0.3) is 0 Å². The fourth-order valence-corrected chi connectivity index (χ4v) is 1.83. The topological polar surface area (TPSA) is 85.2 Å². The lowest BCUT2D eigenvalue weighted by Gasteiger charge is -2.07. The Hall–Kier alpha value is -2.97. The number of rotatable bonds is 5. The van der Waals surface area contributed by atoms with E-state index in [0.717, 1.165) is 19.2 Å². The van der Waals surface area contributed by atoms with Crippen LogP contribution in [0.2, 0.25) is 0 Å². The Labute approximate surface area is 130 Å². The van der Waals surface area contributed by atoms with Crippen molar-refractivity contribution >= 4 is 17.5 Å². The minimum Gasteiger partial charge on any atom is -0.491 e. The molecule has 1 aromatic carbocycles. The fourth-order valence-electron chi connectivity index (χ4n) is 1.83. The van der Waals surface area contributed by atoms with Crippen molar-refractivity contribution in [3.63, 3.8) is 0 Å². The van der Waals surface area contributed by atoms with Gasteiger partial charge in [-0.1, -0.05) is 0 Å². The average Bonchev–Trinajstić information content (AvgIpc) is 2.93. The van der Waals surface area contributed by atoms with E-state index in [-0.39, 0.29) is 23.7 Å². The molecule has 0 unspecified atom stereocenters. The van der Waals surface area contributed by atoms with Crippen LogP contribution in [0.5, 0.6) is 5.75 Å². The van der Waals surface area contributed by atoms with Crippen molar-refractivity contribution in [1.82, 2.24) is 15.1 Å². The Balaban J connectivity index is 2.12. The standard InChI is InChI=1S/C14H14F2N4O3/c1-17-12(21)7-20-6-9(5-18-20)19-14(22)8-3-10(15)13(23-2)11(16)4-8/h3-6H,7H2,1-2H3,(H,17,21)(H,19,22). The summed E-state index contributed by atoms with van der Waals surface area (Å²) < 4.78 is 33.0. The van der Waals surface area contributed by atoms with Crippen LogP contribution in [-0.2, 0) is 11.3 Å². The molecular formula is C14H14F2N4O3. The smallest absolute Gasteiger partial charge is 0.255 e. The molecule has 0 atom stereocenters. The second-order valence-electron chi connectivity index (χ2n) is 4.53. The van der Waals surface area contributed by atoms with Gasteiger partial charge in [-0.3, -0.25) is 14.3 Å². The first-order chi connectivity index (χ1) is 10.9. The van der Waals surface area contributed by atoms with Gasteiger partial charge in [0.05, 0.1) is 19.0 Å². The van der Waals surface area contributed by atoms with Crippen molar-refractivity contribution in [3.05, 3.63) is 41.7 Å². The van der Waals surface area contributed by atoms with E-state index in [1.807, 2.05) is 0 Å². The number of carbonyl (C=O) groups is 2. The molecule has 2 rings (SSSR count). The number of aromatic nitrogens is 2. The third-order valence-corrected chi connectivity index (χ3v) is 2.94. The van der Waals surface area contributed by atoms with Crippen molar-refractivity contribution < 1.29 is 23.1 Å². The molecule has 23 heavy (non-hydrogen) atoms. The number of ether oxygens (including phenoxy) is 1. The summed E-state index contributed by atoms with van der Waals surface area (Å²) in [4.78, 5) is 23.2. The van der Waals surface area contributed by atoms with Gasteiger partial charge in [0.1, 0.15) is 6.54 Å². The number of nitrogens with zero attached hydrogens (tertiary/aromatic N) is 2. The van der Waals surface area contributed by atoms with Crippen molar-refractivity contribution in [1.29, 1.82) is 0 Å². The molecule has 0 spiro atoms. The van der Waals surface area contributed by atoms with E-state index >= 15 is 0 Å². The number of likely N-dealkylation sites (N-methyl/N-ethyl adjacent to an activating group) is 1. The number of benzene rings is 1. The van der Waals surface area contributed by atoms with Crippen molar-refractivity contribution in [3.8, 4) is 5.75 Å². The van der Waals surface area contributed by atoms with E-state index in [2.05, 4.69) is 20.5 Å². The number of anilines is 1. The Kier molecular flexibility index (Phi) is 4.89. The third-order valence-electron chi connectivity index (χ3n) is 2.94. The van der Waals surface area contributed by atoms with Gasteiger partial charge in [0, 0.05) is 18.8 Å². The van der Waals surface area contributed by atoms with Crippen LogP contribution in [0.3, 0.4) is 0 Å². The zero-order valence-electron chi connectivity index (χ0n) is 12.4. The molecule has 0 aliphatic rings. The number of carbonyl (C=O) groups excluding carboxylic acids is 2. The summed E-state index contributed by atoms with van der Waals surface area (Å²) in [6.45, 7) is -0.0157. The highest BCUT2D eigenvalue weighted by Crippen LogP contribution is 2.23. The van der Waals surface area contributed by atoms with E-state index in [1.165, 1.54) is 24.1 Å². The van der Waals surface area contributed by atoms with Gasteiger partial charge < -0.3 is 15.4 Å². The molecule has 2 N–H and O–H groups in total. The second kappa shape index (κ2) is 6.86. The summed E-state index contributed by atoms with van der Waals surface area (Å²) in [5.74, 6) is -3.49. The van der Waals surface area contributed by atoms with Crippen LogP contribution in [0.15, 0.2) is 24.5 Å². The van der Waals surface area contributed by atoms with Crippen molar-refractivity contribution in [2.75, 3.05) is 19.5 Å². The lowest BCUT2D eigenvalue weighted by atomic mass is 10.2. The maximum Gasteiger partial charge on any atom is 0.255 e. The monoisotopic (exact) mass is 324 g/mol. The maximum absolute atomic E-state index is 13.6. The number of methoxy groups -OCH3 is 1. The van der Waals surface area contributed by atoms with Gasteiger partial charge in [-0.15, -0.1) is 0 Å². The average molecular weight is 324 g/mol. The molecule has 2 amide bonds. The number of nitrogens with one attached hydrogen (secondary N) is 2. The van der Waals surface area contributed by atoms with Gasteiger partial charge in [0.25, 0.3) is 5.91 Å². The molecule has 7 nitrogen and oxygen atoms in total. The Morgan fingerprint density at radius 2 is 1.96 bits per heavy atom. The Morgan fingerprint density at radius 1 is 1.30 bits per heavy atom. The molecule has 2 aromatic rings. The van der Waals surface area contributed by atoms with Gasteiger partial charge in [0.15, 0.2) is 17.4 Å². The molecule has 0 bridgehead atoms. The molecule has 0 saturated carbocycles. The molecule has 0 aliphatic carbocycles. The zero-order chi connectivity index (χ0) is 17.0. The minimum absolute atomic E-state index is 0.0157. The van der Waals surface area contributed by atoms with Crippen molar-refractivity contribution in [2.24, 2.45) is 0 Å². The van der Waals surface area contributed by atoms with Crippen LogP contribution < -0.4 is 15.4 Å². The number of hydrogen-bond acceptors (Lipinski definition) is 4. The summed E-state index contributed by atoms with van der Waals surface area (Å²) in [7, 11) is 2.61. The lowest BCUT2D eigenvalue weighted by Crippen LogP contribution is -2.23. The molecular weight excluding hydrogens is 310 g/mol. The fraction of sp³-hybridized carbons (Fsp3) is 0.214. The first-order valence-corrected chi connectivity index (χ1v) is 6.52. The van der Waals surface area contributed by atoms with E-state index in [4.69, 9.17) is 0 Å². The zero-order valence-corrected chi connectivity index (χ0v) is 12.4. The minimum atomic E-state index is -0.979. The largest absolute Gasteiger partial charge is 0.491 e. The second-order valence-corrected chi connectivity index (χ2v) is 4.53. The van der Waals surface area contributed by atoms with Gasteiger partial charge in [-0.25, -0.2) is 8.78 Å². The number of hydrogen-bond donors (Lipinski definition) is 2. The van der Waals surface area contributed by atoms with Gasteiger partial charge >= 0.3 is 0 Å². The molecule has 0 aliphatic heterocycles. The van der Waals surface area contributed by atoms with Gasteiger partial charge in [-0.05, 0) is 12.1 Å². The Bertz CT molecular complexity index is 722. The van der Waals surface area contributed by atoms with E-state index in [0.29, 0.717) is 0 Å². The number of halogens is 2. The third kappa shape index (κ3) is 3.82. The van der Waals surface area contributed by atoms with E-state index < -0.39 is 23.3 Å². The highest BCUT2D eigenvalue weighted by atomic mass is 19.1. The summed E-state index contributed by atoms with van der Waals surface area (Å²) in [5, 5.41) is 8.75. The van der Waals surface area contributed by atoms with Crippen LogP contribution >= 0.6 is 0 Å². The number of amides is 2. The molecule has 0 saturated heterocycles. The first-order valence-electron chi connectivity index (χ1n) is 6.52. The van der Waals surface area contributed by atoms with E-state index in [9.17, 15) is 18.4 Å². The van der Waals surface area contributed by atoms with Crippen LogP contribution in [-0.4, -0.2) is 35.8 Å². The van der Waals surface area contributed by atoms with Crippen molar-refractivity contribution in [2.45, 2.75) is 6.54 Å². The van der Waals surface area contributed by atoms with Gasteiger partial charge in [-0.2, -0.15) is 5.10 Å². The Morgan fingerprint density at radius 3 is 2.52 bits per heavy atom. The lowest BCUT2D eigenvalue weighted by molar-refractivity contribution is -0.121. The summed E-state index contributed by atoms with van der Waals surface area (Å²) in [6.07, 6.45) is 2.74. The van der Waals surface area contributed by atoms with E-state index in [1.54, 1.807) is 0 Å². The van der Waals surface area contributed by atoms with Crippen LogP contribution in [0.4, 0.5) is 14.5 Å². The highest BCUT2D eigenvalue weighted by Gasteiger charge is 2.16. The normalized spacial score (nSPS) is 10.3. The summed E-state index contributed by atoms with van der Waals surface area (Å²) in [5.41, 5.74) is 0.0791. The molecule has 122 valence electrons. The van der Waals surface area contributed by atoms with Gasteiger partial charge in [0.2, 0.25) is 5.91 Å². The van der Waals surface area contributed by atoms with Crippen LogP contribution in [0.1, 0.15) is 10.4 Å². The van der Waals surface area contributed by atoms with Crippen LogP contribution in [0, 0.1) is 11.6 Å². The molecule has 0 fully saturated rings. The summed E-state index contributed by atoms with van der Waals surface area (Å²) >= 11 is 0. The quantitative estimate of drug-likeness (QED) is 0.864. The molecule has 1 aromatic heterocycles.